The van der Waals surface area contributed by atoms with Crippen LogP contribution in [0.3, 0.4) is 0 Å². The Kier molecular flexibility index (Phi) is 4.54. The van der Waals surface area contributed by atoms with Crippen molar-refractivity contribution >= 4 is 27.9 Å². The molecule has 0 saturated carbocycles. The molecule has 1 amide bonds. The number of imidazole rings is 1. The maximum atomic E-state index is 12.3. The fraction of sp³-hybridized carbons (Fsp3) is 0.238. The van der Waals surface area contributed by atoms with Crippen LogP contribution in [0.15, 0.2) is 52.9 Å². The highest BCUT2D eigenvalue weighted by atomic mass is 16.5. The van der Waals surface area contributed by atoms with E-state index in [1.807, 2.05) is 55.5 Å². The molecular formula is C21H21N3O3. The molecule has 6 nitrogen and oxygen atoms in total. The Morgan fingerprint density at radius 3 is 2.93 bits per heavy atom. The van der Waals surface area contributed by atoms with E-state index >= 15 is 0 Å². The van der Waals surface area contributed by atoms with Gasteiger partial charge in [0.25, 0.3) is 0 Å². The molecule has 0 radical (unpaired) electrons. The van der Waals surface area contributed by atoms with E-state index in [1.54, 1.807) is 7.11 Å². The summed E-state index contributed by atoms with van der Waals surface area (Å²) >= 11 is 0. The van der Waals surface area contributed by atoms with E-state index < -0.39 is 0 Å². The number of aromatic amines is 1. The van der Waals surface area contributed by atoms with Crippen molar-refractivity contribution in [3.8, 4) is 5.75 Å². The second-order valence-corrected chi connectivity index (χ2v) is 6.54. The van der Waals surface area contributed by atoms with Crippen LogP contribution in [-0.4, -0.2) is 23.0 Å². The summed E-state index contributed by atoms with van der Waals surface area (Å²) in [4.78, 5) is 20.1. The Balaban J connectivity index is 1.38. The Bertz CT molecular complexity index is 1060. The third kappa shape index (κ3) is 3.65. The van der Waals surface area contributed by atoms with Crippen molar-refractivity contribution < 1.29 is 13.9 Å². The molecule has 0 aliphatic carbocycles. The summed E-state index contributed by atoms with van der Waals surface area (Å²) in [6, 6.07) is 15.2. The fourth-order valence-electron chi connectivity index (χ4n) is 3.12. The van der Waals surface area contributed by atoms with Crippen LogP contribution >= 0.6 is 0 Å². The number of aryl methyl sites for hydroxylation is 1. The van der Waals surface area contributed by atoms with Crippen molar-refractivity contribution in [3.63, 3.8) is 0 Å². The second-order valence-electron chi connectivity index (χ2n) is 6.54. The van der Waals surface area contributed by atoms with E-state index in [0.29, 0.717) is 12.8 Å². The first kappa shape index (κ1) is 17.1. The zero-order valence-corrected chi connectivity index (χ0v) is 15.3. The van der Waals surface area contributed by atoms with Gasteiger partial charge in [0.2, 0.25) is 5.91 Å². The molecule has 1 atom stereocenters. The second kappa shape index (κ2) is 7.15. The van der Waals surface area contributed by atoms with E-state index in [-0.39, 0.29) is 11.9 Å². The number of hydrogen-bond donors (Lipinski definition) is 2. The highest BCUT2D eigenvalue weighted by molar-refractivity contribution is 5.80. The van der Waals surface area contributed by atoms with Gasteiger partial charge in [0, 0.05) is 18.2 Å². The summed E-state index contributed by atoms with van der Waals surface area (Å²) in [5, 5.41) is 3.94. The van der Waals surface area contributed by atoms with Crippen LogP contribution in [0.2, 0.25) is 0 Å². The third-order valence-electron chi connectivity index (χ3n) is 4.57. The van der Waals surface area contributed by atoms with Crippen molar-refractivity contribution in [2.75, 3.05) is 7.11 Å². The largest absolute Gasteiger partial charge is 0.497 e. The molecule has 2 N–H and O–H groups in total. The molecule has 0 fully saturated rings. The van der Waals surface area contributed by atoms with Gasteiger partial charge < -0.3 is 19.5 Å². The highest BCUT2D eigenvalue weighted by Crippen LogP contribution is 2.27. The summed E-state index contributed by atoms with van der Waals surface area (Å²) < 4.78 is 11.1. The normalized spacial score (nSPS) is 12.4. The minimum Gasteiger partial charge on any atom is -0.497 e. The molecule has 2 heterocycles. The van der Waals surface area contributed by atoms with Crippen molar-refractivity contribution in [2.45, 2.75) is 25.8 Å². The highest BCUT2D eigenvalue weighted by Gasteiger charge is 2.15. The minimum atomic E-state index is -0.216. The average Bonchev–Trinajstić information content (AvgIpc) is 3.29. The van der Waals surface area contributed by atoms with Crippen molar-refractivity contribution in [3.05, 3.63) is 60.1 Å². The molecule has 2 aromatic carbocycles. The quantitative estimate of drug-likeness (QED) is 0.540. The van der Waals surface area contributed by atoms with Gasteiger partial charge in [-0.1, -0.05) is 12.1 Å². The molecule has 0 spiro atoms. The summed E-state index contributed by atoms with van der Waals surface area (Å²) in [5.74, 6) is 2.27. The van der Waals surface area contributed by atoms with Gasteiger partial charge in [0.1, 0.15) is 22.9 Å². The van der Waals surface area contributed by atoms with E-state index in [0.717, 1.165) is 39.3 Å². The van der Waals surface area contributed by atoms with E-state index in [2.05, 4.69) is 15.3 Å². The van der Waals surface area contributed by atoms with E-state index in [9.17, 15) is 4.79 Å². The summed E-state index contributed by atoms with van der Waals surface area (Å²) in [6.07, 6.45) is 0.919. The van der Waals surface area contributed by atoms with Gasteiger partial charge in [-0.25, -0.2) is 4.98 Å². The summed E-state index contributed by atoms with van der Waals surface area (Å²) in [6.45, 7) is 1.91. The number of methoxy groups -OCH3 is 1. The minimum absolute atomic E-state index is 0.0407. The Morgan fingerprint density at radius 1 is 1.26 bits per heavy atom. The number of nitrogens with zero attached hydrogens (tertiary/aromatic N) is 1. The molecule has 6 heteroatoms. The summed E-state index contributed by atoms with van der Waals surface area (Å²) in [5.41, 5.74) is 2.67. The third-order valence-corrected chi connectivity index (χ3v) is 4.57. The maximum Gasteiger partial charge on any atom is 0.221 e. The number of rotatable bonds is 6. The number of ether oxygens (including phenoxy) is 1. The molecule has 138 valence electrons. The van der Waals surface area contributed by atoms with Gasteiger partial charge >= 0.3 is 0 Å². The lowest BCUT2D eigenvalue weighted by molar-refractivity contribution is -0.121. The smallest absolute Gasteiger partial charge is 0.221 e. The van der Waals surface area contributed by atoms with Crippen molar-refractivity contribution in [2.24, 2.45) is 0 Å². The molecule has 0 saturated heterocycles. The number of H-pyrrole nitrogens is 1. The number of para-hydroxylation sites is 2. The zero-order chi connectivity index (χ0) is 18.8. The van der Waals surface area contributed by atoms with Crippen LogP contribution in [0.5, 0.6) is 5.75 Å². The molecule has 2 aromatic heterocycles. The number of nitrogens with one attached hydrogen (secondary N) is 2. The lowest BCUT2D eigenvalue weighted by atomic mass is 10.2. The predicted octanol–water partition coefficient (Wildman–Crippen LogP) is 4.13. The monoisotopic (exact) mass is 363 g/mol. The number of fused-ring (bicyclic) bond motifs is 2. The van der Waals surface area contributed by atoms with Crippen molar-refractivity contribution in [1.82, 2.24) is 15.3 Å². The number of amides is 1. The van der Waals surface area contributed by atoms with Gasteiger partial charge in [-0.2, -0.15) is 0 Å². The lowest BCUT2D eigenvalue weighted by Gasteiger charge is -2.10. The molecule has 4 rings (SSSR count). The van der Waals surface area contributed by atoms with Gasteiger partial charge in [0.05, 0.1) is 24.2 Å². The molecule has 0 aliphatic rings. The zero-order valence-electron chi connectivity index (χ0n) is 15.3. The number of carbonyl (C=O) groups excluding carboxylic acids is 1. The number of benzene rings is 2. The molecule has 0 bridgehead atoms. The Morgan fingerprint density at radius 2 is 2.11 bits per heavy atom. The molecular weight excluding hydrogens is 342 g/mol. The Labute approximate surface area is 156 Å². The molecule has 27 heavy (non-hydrogen) atoms. The number of furan rings is 1. The first-order valence-electron chi connectivity index (χ1n) is 8.93. The van der Waals surface area contributed by atoms with Crippen LogP contribution in [0.25, 0.3) is 22.0 Å². The number of hydrogen-bond acceptors (Lipinski definition) is 4. The number of aromatic nitrogens is 2. The first-order valence-corrected chi connectivity index (χ1v) is 8.93. The topological polar surface area (TPSA) is 80.2 Å². The van der Waals surface area contributed by atoms with E-state index in [4.69, 9.17) is 9.15 Å². The lowest BCUT2D eigenvalue weighted by Crippen LogP contribution is -2.26. The average molecular weight is 363 g/mol. The summed E-state index contributed by atoms with van der Waals surface area (Å²) in [7, 11) is 1.63. The van der Waals surface area contributed by atoms with Crippen LogP contribution in [0, 0.1) is 0 Å². The van der Waals surface area contributed by atoms with Crippen LogP contribution in [-0.2, 0) is 11.2 Å². The molecule has 0 aliphatic heterocycles. The van der Waals surface area contributed by atoms with Crippen molar-refractivity contribution in [1.29, 1.82) is 0 Å². The van der Waals surface area contributed by atoms with E-state index in [1.165, 1.54) is 0 Å². The predicted molar refractivity (Wildman–Crippen MR) is 104 cm³/mol. The number of carbonyl (C=O) groups is 1. The van der Waals surface area contributed by atoms with Crippen LogP contribution < -0.4 is 10.1 Å². The fourth-order valence-corrected chi connectivity index (χ4v) is 3.12. The standard InChI is InChI=1S/C21H21N3O3/c1-13(19-12-14-11-15(26-2)7-8-18(14)27-19)22-21(25)10-9-20-23-16-5-3-4-6-17(16)24-20/h3-8,11-13H,9-10H2,1-2H3,(H,22,25)(H,23,24). The molecule has 1 unspecified atom stereocenters. The SMILES string of the molecule is COc1ccc2oc(C(C)NC(=O)CCc3nc4ccccc4[nH]3)cc2c1. The maximum absolute atomic E-state index is 12.3. The van der Waals surface area contributed by atoms with Crippen LogP contribution in [0.1, 0.15) is 31.0 Å². The first-order chi connectivity index (χ1) is 13.1. The molecule has 4 aromatic rings. The van der Waals surface area contributed by atoms with Gasteiger partial charge in [-0.3, -0.25) is 4.79 Å². The van der Waals surface area contributed by atoms with Gasteiger partial charge in [-0.15, -0.1) is 0 Å². The van der Waals surface area contributed by atoms with Crippen LogP contribution in [0.4, 0.5) is 0 Å². The van der Waals surface area contributed by atoms with Gasteiger partial charge in [-0.05, 0) is 43.3 Å². The Hall–Kier alpha value is -3.28. The van der Waals surface area contributed by atoms with Gasteiger partial charge in [0.15, 0.2) is 0 Å².